The van der Waals surface area contributed by atoms with Gasteiger partial charge in [0.15, 0.2) is 0 Å². The summed E-state index contributed by atoms with van der Waals surface area (Å²) in [5.74, 6) is 1.72. The smallest absolute Gasteiger partial charge is 0.0605 e. The molecular formula is C18H30N2. The summed E-state index contributed by atoms with van der Waals surface area (Å²) in [6.07, 6.45) is 10.00. The maximum Gasteiger partial charge on any atom is 0.0605 e. The van der Waals surface area contributed by atoms with Crippen LogP contribution in [0.5, 0.6) is 0 Å². The van der Waals surface area contributed by atoms with Gasteiger partial charge in [0, 0.05) is 6.20 Å². The van der Waals surface area contributed by atoms with Crippen molar-refractivity contribution in [3.8, 4) is 0 Å². The van der Waals surface area contributed by atoms with Gasteiger partial charge in [-0.3, -0.25) is 4.98 Å². The van der Waals surface area contributed by atoms with Crippen LogP contribution in [0.4, 0.5) is 0 Å². The van der Waals surface area contributed by atoms with Gasteiger partial charge in [-0.2, -0.15) is 0 Å². The van der Waals surface area contributed by atoms with E-state index in [0.29, 0.717) is 6.04 Å². The van der Waals surface area contributed by atoms with Crippen molar-refractivity contribution in [2.75, 3.05) is 6.54 Å². The minimum atomic E-state index is 0.453. The van der Waals surface area contributed by atoms with E-state index in [1.54, 1.807) is 0 Å². The molecule has 0 bridgehead atoms. The number of nitrogens with zero attached hydrogens (tertiary/aromatic N) is 1. The minimum absolute atomic E-state index is 0.453. The van der Waals surface area contributed by atoms with Gasteiger partial charge in [0.2, 0.25) is 0 Å². The molecule has 1 saturated carbocycles. The van der Waals surface area contributed by atoms with Crippen molar-refractivity contribution in [1.29, 1.82) is 0 Å². The second-order valence-corrected chi connectivity index (χ2v) is 6.33. The highest BCUT2D eigenvalue weighted by Crippen LogP contribution is 2.38. The zero-order chi connectivity index (χ0) is 14.4. The maximum atomic E-state index is 4.68. The van der Waals surface area contributed by atoms with E-state index in [1.807, 2.05) is 12.3 Å². The first-order valence-electron chi connectivity index (χ1n) is 8.41. The molecular weight excluding hydrogens is 244 g/mol. The molecule has 0 aliphatic heterocycles. The highest BCUT2D eigenvalue weighted by atomic mass is 14.9. The first kappa shape index (κ1) is 15.5. The van der Waals surface area contributed by atoms with Gasteiger partial charge in [-0.05, 0) is 56.2 Å². The quantitative estimate of drug-likeness (QED) is 0.817. The van der Waals surface area contributed by atoms with E-state index < -0.39 is 0 Å². The van der Waals surface area contributed by atoms with Crippen LogP contribution in [0.2, 0.25) is 0 Å². The van der Waals surface area contributed by atoms with Crippen molar-refractivity contribution >= 4 is 0 Å². The van der Waals surface area contributed by atoms with Crippen LogP contribution in [0.1, 0.15) is 69.7 Å². The molecule has 0 amide bonds. The number of rotatable bonds is 6. The van der Waals surface area contributed by atoms with Crippen molar-refractivity contribution in [3.63, 3.8) is 0 Å². The molecule has 20 heavy (non-hydrogen) atoms. The Morgan fingerprint density at radius 2 is 2.00 bits per heavy atom. The highest BCUT2D eigenvalue weighted by molar-refractivity contribution is 5.22. The van der Waals surface area contributed by atoms with E-state index in [2.05, 4.69) is 37.1 Å². The van der Waals surface area contributed by atoms with Gasteiger partial charge >= 0.3 is 0 Å². The third kappa shape index (κ3) is 3.82. The lowest BCUT2D eigenvalue weighted by Crippen LogP contribution is -2.32. The number of nitrogens with one attached hydrogen (secondary N) is 1. The Balaban J connectivity index is 2.10. The van der Waals surface area contributed by atoms with Gasteiger partial charge in [-0.15, -0.1) is 0 Å². The average Bonchev–Trinajstić information content (AvgIpc) is 2.50. The summed E-state index contributed by atoms with van der Waals surface area (Å²) in [6, 6.07) is 4.69. The summed E-state index contributed by atoms with van der Waals surface area (Å²) in [5.41, 5.74) is 2.61. The average molecular weight is 274 g/mol. The molecule has 0 spiro atoms. The molecule has 112 valence electrons. The van der Waals surface area contributed by atoms with Crippen molar-refractivity contribution < 1.29 is 0 Å². The van der Waals surface area contributed by atoms with Gasteiger partial charge in [-0.25, -0.2) is 0 Å². The van der Waals surface area contributed by atoms with Crippen LogP contribution in [0.3, 0.4) is 0 Å². The number of pyridine rings is 1. The SMILES string of the molecule is CCCNC(c1ncccc1C)C1CCC(CC)CC1. The van der Waals surface area contributed by atoms with Crippen molar-refractivity contribution in [3.05, 3.63) is 29.6 Å². The second-order valence-electron chi connectivity index (χ2n) is 6.33. The second kappa shape index (κ2) is 7.78. The molecule has 1 aromatic heterocycles. The molecule has 0 radical (unpaired) electrons. The normalized spacial score (nSPS) is 24.6. The Morgan fingerprint density at radius 1 is 1.25 bits per heavy atom. The van der Waals surface area contributed by atoms with E-state index in [1.165, 1.54) is 49.8 Å². The molecule has 0 aromatic carbocycles. The van der Waals surface area contributed by atoms with Gasteiger partial charge in [0.25, 0.3) is 0 Å². The fourth-order valence-corrected chi connectivity index (χ4v) is 3.54. The highest BCUT2D eigenvalue weighted by Gasteiger charge is 2.29. The van der Waals surface area contributed by atoms with Gasteiger partial charge in [0.1, 0.15) is 0 Å². The van der Waals surface area contributed by atoms with E-state index in [4.69, 9.17) is 0 Å². The van der Waals surface area contributed by atoms with Crippen LogP contribution in [0.25, 0.3) is 0 Å². The fraction of sp³-hybridized carbons (Fsp3) is 0.722. The third-order valence-corrected chi connectivity index (χ3v) is 4.90. The molecule has 1 aliphatic rings. The Hall–Kier alpha value is -0.890. The van der Waals surface area contributed by atoms with Crippen molar-refractivity contribution in [2.45, 2.75) is 65.3 Å². The third-order valence-electron chi connectivity index (χ3n) is 4.90. The number of hydrogen-bond donors (Lipinski definition) is 1. The number of aromatic nitrogens is 1. The largest absolute Gasteiger partial charge is 0.308 e. The molecule has 1 atom stereocenters. The summed E-state index contributed by atoms with van der Waals surface area (Å²) in [6.45, 7) is 7.86. The molecule has 2 rings (SSSR count). The predicted octanol–water partition coefficient (Wildman–Crippen LogP) is 4.65. The van der Waals surface area contributed by atoms with E-state index in [9.17, 15) is 0 Å². The van der Waals surface area contributed by atoms with Crippen LogP contribution in [0, 0.1) is 18.8 Å². The molecule has 1 N–H and O–H groups in total. The molecule has 1 heterocycles. The molecule has 1 aliphatic carbocycles. The fourth-order valence-electron chi connectivity index (χ4n) is 3.54. The molecule has 1 unspecified atom stereocenters. The van der Waals surface area contributed by atoms with Gasteiger partial charge < -0.3 is 5.32 Å². The number of aryl methyl sites for hydroxylation is 1. The van der Waals surface area contributed by atoms with Gasteiger partial charge in [0.05, 0.1) is 11.7 Å². The van der Waals surface area contributed by atoms with Crippen LogP contribution in [0.15, 0.2) is 18.3 Å². The Bertz CT molecular complexity index is 394. The maximum absolute atomic E-state index is 4.68. The summed E-state index contributed by atoms with van der Waals surface area (Å²) < 4.78 is 0. The minimum Gasteiger partial charge on any atom is -0.308 e. The Morgan fingerprint density at radius 3 is 2.60 bits per heavy atom. The van der Waals surface area contributed by atoms with Crippen LogP contribution in [-0.2, 0) is 0 Å². The van der Waals surface area contributed by atoms with Gasteiger partial charge in [-0.1, -0.05) is 39.2 Å². The lowest BCUT2D eigenvalue weighted by Gasteiger charge is -2.34. The first-order valence-corrected chi connectivity index (χ1v) is 8.41. The lowest BCUT2D eigenvalue weighted by atomic mass is 9.76. The monoisotopic (exact) mass is 274 g/mol. The van der Waals surface area contributed by atoms with Crippen LogP contribution >= 0.6 is 0 Å². The van der Waals surface area contributed by atoms with Crippen LogP contribution in [-0.4, -0.2) is 11.5 Å². The summed E-state index contributed by atoms with van der Waals surface area (Å²) in [7, 11) is 0. The standard InChI is InChI=1S/C18H30N2/c1-4-12-19-18(17-14(3)7-6-13-20-17)16-10-8-15(5-2)9-11-16/h6-7,13,15-16,18-19H,4-5,8-12H2,1-3H3. The van der Waals surface area contributed by atoms with E-state index >= 15 is 0 Å². The summed E-state index contributed by atoms with van der Waals surface area (Å²) in [5, 5.41) is 3.77. The number of hydrogen-bond acceptors (Lipinski definition) is 2. The molecule has 1 fully saturated rings. The van der Waals surface area contributed by atoms with Crippen molar-refractivity contribution in [2.24, 2.45) is 11.8 Å². The predicted molar refractivity (Wildman–Crippen MR) is 85.7 cm³/mol. The molecule has 2 nitrogen and oxygen atoms in total. The Kier molecular flexibility index (Phi) is 6.03. The first-order chi connectivity index (χ1) is 9.76. The van der Waals surface area contributed by atoms with E-state index in [0.717, 1.165) is 18.4 Å². The van der Waals surface area contributed by atoms with Crippen molar-refractivity contribution in [1.82, 2.24) is 10.3 Å². The van der Waals surface area contributed by atoms with E-state index in [-0.39, 0.29) is 0 Å². The summed E-state index contributed by atoms with van der Waals surface area (Å²) in [4.78, 5) is 4.68. The zero-order valence-corrected chi connectivity index (χ0v) is 13.4. The van der Waals surface area contributed by atoms with Crippen LogP contribution < -0.4 is 5.32 Å². The molecule has 0 saturated heterocycles. The molecule has 1 aromatic rings. The lowest BCUT2D eigenvalue weighted by molar-refractivity contribution is 0.216. The Labute approximate surface area is 124 Å². The topological polar surface area (TPSA) is 24.9 Å². The zero-order valence-electron chi connectivity index (χ0n) is 13.4. The molecule has 2 heteroatoms. The summed E-state index contributed by atoms with van der Waals surface area (Å²) >= 11 is 0.